The molecule has 3 rings (SSSR count). The van der Waals surface area contributed by atoms with Gasteiger partial charge in [-0.15, -0.1) is 0 Å². The summed E-state index contributed by atoms with van der Waals surface area (Å²) in [5.41, 5.74) is -0.189. The van der Waals surface area contributed by atoms with Gasteiger partial charge >= 0.3 is 12.0 Å². The average molecular weight is 331 g/mol. The summed E-state index contributed by atoms with van der Waals surface area (Å²) in [5.74, 6) is -2.10. The fraction of sp³-hybridized carbons (Fsp3) is 0.375. The van der Waals surface area contributed by atoms with E-state index in [4.69, 9.17) is 5.11 Å². The summed E-state index contributed by atoms with van der Waals surface area (Å²) in [4.78, 5) is 48.2. The number of carboxylic acid groups (broad SMARTS) is 1. The normalized spacial score (nSPS) is 26.2. The lowest BCUT2D eigenvalue weighted by Gasteiger charge is -2.22. The van der Waals surface area contributed by atoms with Gasteiger partial charge in [-0.1, -0.05) is 12.1 Å². The molecule has 4 amide bonds. The SMILES string of the molecule is C[C@@]1(c2ccc(C(=O)N3CC[C@H](C(=O)O)C3)cc2)NC(=O)NC1=O. The van der Waals surface area contributed by atoms with Gasteiger partial charge in [0.05, 0.1) is 5.92 Å². The van der Waals surface area contributed by atoms with Gasteiger partial charge in [-0.2, -0.15) is 0 Å². The van der Waals surface area contributed by atoms with Crippen molar-refractivity contribution in [1.29, 1.82) is 0 Å². The number of aliphatic carboxylic acids is 1. The number of amides is 4. The summed E-state index contributed by atoms with van der Waals surface area (Å²) in [5, 5.41) is 13.7. The second-order valence-corrected chi connectivity index (χ2v) is 6.19. The maximum absolute atomic E-state index is 12.4. The van der Waals surface area contributed by atoms with Gasteiger partial charge in [0.25, 0.3) is 11.8 Å². The molecule has 8 nitrogen and oxygen atoms in total. The molecule has 0 spiro atoms. The third kappa shape index (κ3) is 2.60. The summed E-state index contributed by atoms with van der Waals surface area (Å²) < 4.78 is 0. The Morgan fingerprint density at radius 2 is 1.92 bits per heavy atom. The van der Waals surface area contributed by atoms with Crippen molar-refractivity contribution >= 4 is 23.8 Å². The van der Waals surface area contributed by atoms with Crippen LogP contribution in [0.15, 0.2) is 24.3 Å². The van der Waals surface area contributed by atoms with E-state index in [-0.39, 0.29) is 12.5 Å². The third-order valence-electron chi connectivity index (χ3n) is 4.58. The maximum Gasteiger partial charge on any atom is 0.322 e. The van der Waals surface area contributed by atoms with Crippen LogP contribution in [0.3, 0.4) is 0 Å². The smallest absolute Gasteiger partial charge is 0.322 e. The van der Waals surface area contributed by atoms with Crippen LogP contribution in [-0.2, 0) is 15.1 Å². The zero-order valence-corrected chi connectivity index (χ0v) is 13.0. The molecule has 0 aliphatic carbocycles. The molecule has 126 valence electrons. The van der Waals surface area contributed by atoms with E-state index in [1.165, 1.54) is 4.90 Å². The van der Waals surface area contributed by atoms with Crippen LogP contribution < -0.4 is 10.6 Å². The minimum absolute atomic E-state index is 0.200. The second kappa shape index (κ2) is 5.63. The number of nitrogens with one attached hydrogen (secondary N) is 2. The maximum atomic E-state index is 12.4. The highest BCUT2D eigenvalue weighted by Gasteiger charge is 2.43. The first-order valence-corrected chi connectivity index (χ1v) is 7.57. The van der Waals surface area contributed by atoms with Crippen molar-refractivity contribution in [2.75, 3.05) is 13.1 Å². The van der Waals surface area contributed by atoms with Crippen molar-refractivity contribution in [3.63, 3.8) is 0 Å². The van der Waals surface area contributed by atoms with Crippen molar-refractivity contribution in [3.8, 4) is 0 Å². The number of carbonyl (C=O) groups excluding carboxylic acids is 3. The zero-order chi connectivity index (χ0) is 17.5. The predicted octanol–water partition coefficient (Wildman–Crippen LogP) is 0.288. The Morgan fingerprint density at radius 1 is 1.25 bits per heavy atom. The molecule has 0 bridgehead atoms. The monoisotopic (exact) mass is 331 g/mol. The van der Waals surface area contributed by atoms with E-state index in [9.17, 15) is 19.2 Å². The molecule has 2 fully saturated rings. The van der Waals surface area contributed by atoms with Crippen molar-refractivity contribution in [1.82, 2.24) is 15.5 Å². The Morgan fingerprint density at radius 3 is 2.42 bits per heavy atom. The van der Waals surface area contributed by atoms with E-state index in [1.54, 1.807) is 31.2 Å². The second-order valence-electron chi connectivity index (χ2n) is 6.19. The van der Waals surface area contributed by atoms with Crippen LogP contribution in [-0.4, -0.2) is 46.9 Å². The van der Waals surface area contributed by atoms with E-state index >= 15 is 0 Å². The average Bonchev–Trinajstić information content (AvgIpc) is 3.13. The van der Waals surface area contributed by atoms with Crippen LogP contribution in [0.2, 0.25) is 0 Å². The van der Waals surface area contributed by atoms with Crippen molar-refractivity contribution < 1.29 is 24.3 Å². The van der Waals surface area contributed by atoms with Crippen LogP contribution >= 0.6 is 0 Å². The molecule has 2 heterocycles. The molecule has 8 heteroatoms. The molecule has 24 heavy (non-hydrogen) atoms. The van der Waals surface area contributed by atoms with E-state index in [0.29, 0.717) is 24.1 Å². The molecule has 3 N–H and O–H groups in total. The molecule has 1 aromatic carbocycles. The summed E-state index contributed by atoms with van der Waals surface area (Å²) in [6.07, 6.45) is 0.448. The Kier molecular flexibility index (Phi) is 3.75. The standard InChI is InChI=1S/C16H17N3O5/c1-16(14(23)17-15(24)18-16)11-4-2-9(3-5-11)12(20)19-7-6-10(8-19)13(21)22/h2-5,10H,6-8H2,1H3,(H,21,22)(H2,17,18,23,24)/t10-,16-/m0/s1. The Balaban J connectivity index is 1.75. The van der Waals surface area contributed by atoms with Gasteiger partial charge in [0.15, 0.2) is 0 Å². The lowest BCUT2D eigenvalue weighted by Crippen LogP contribution is -2.40. The lowest BCUT2D eigenvalue weighted by atomic mass is 9.91. The lowest BCUT2D eigenvalue weighted by molar-refractivity contribution is -0.141. The topological polar surface area (TPSA) is 116 Å². The molecular weight excluding hydrogens is 314 g/mol. The Labute approximate surface area is 137 Å². The number of imide groups is 1. The quantitative estimate of drug-likeness (QED) is 0.688. The summed E-state index contributed by atoms with van der Waals surface area (Å²) in [6.45, 7) is 2.20. The van der Waals surface area contributed by atoms with Crippen molar-refractivity contribution in [2.24, 2.45) is 5.92 Å². The molecule has 0 saturated carbocycles. The molecule has 2 saturated heterocycles. The van der Waals surface area contributed by atoms with Gasteiger partial charge in [-0.05, 0) is 31.0 Å². The van der Waals surface area contributed by atoms with E-state index in [2.05, 4.69) is 10.6 Å². The number of carboxylic acids is 1. The first-order chi connectivity index (χ1) is 11.3. The van der Waals surface area contributed by atoms with Gasteiger partial charge in [-0.3, -0.25) is 19.7 Å². The molecule has 0 radical (unpaired) electrons. The molecule has 1 aromatic rings. The van der Waals surface area contributed by atoms with Crippen molar-refractivity contribution in [3.05, 3.63) is 35.4 Å². The van der Waals surface area contributed by atoms with Crippen LogP contribution in [0.25, 0.3) is 0 Å². The van der Waals surface area contributed by atoms with E-state index in [0.717, 1.165) is 0 Å². The fourth-order valence-electron chi connectivity index (χ4n) is 3.02. The van der Waals surface area contributed by atoms with Gasteiger partial charge in [0.2, 0.25) is 0 Å². The number of urea groups is 1. The number of rotatable bonds is 3. The number of carbonyl (C=O) groups is 4. The van der Waals surface area contributed by atoms with E-state index < -0.39 is 29.4 Å². The van der Waals surface area contributed by atoms with Gasteiger partial charge in [0, 0.05) is 18.7 Å². The van der Waals surface area contributed by atoms with Gasteiger partial charge in [-0.25, -0.2) is 4.79 Å². The minimum Gasteiger partial charge on any atom is -0.481 e. The third-order valence-corrected chi connectivity index (χ3v) is 4.58. The fourth-order valence-corrected chi connectivity index (χ4v) is 3.02. The summed E-state index contributed by atoms with van der Waals surface area (Å²) in [6, 6.07) is 5.83. The Hall–Kier alpha value is -2.90. The largest absolute Gasteiger partial charge is 0.481 e. The molecule has 0 aromatic heterocycles. The van der Waals surface area contributed by atoms with Crippen LogP contribution in [0, 0.1) is 5.92 Å². The highest BCUT2D eigenvalue weighted by atomic mass is 16.4. The van der Waals surface area contributed by atoms with Crippen LogP contribution in [0.1, 0.15) is 29.3 Å². The molecule has 2 atom stereocenters. The molecule has 2 aliphatic rings. The number of hydrogen-bond donors (Lipinski definition) is 3. The first kappa shape index (κ1) is 16.0. The Bertz CT molecular complexity index is 730. The number of benzene rings is 1. The highest BCUT2D eigenvalue weighted by Crippen LogP contribution is 2.25. The molecular formula is C16H17N3O5. The summed E-state index contributed by atoms with van der Waals surface area (Å²) in [7, 11) is 0. The minimum atomic E-state index is -1.17. The van der Waals surface area contributed by atoms with Gasteiger partial charge < -0.3 is 15.3 Å². The van der Waals surface area contributed by atoms with Crippen LogP contribution in [0.4, 0.5) is 4.79 Å². The summed E-state index contributed by atoms with van der Waals surface area (Å²) >= 11 is 0. The van der Waals surface area contributed by atoms with Crippen LogP contribution in [0.5, 0.6) is 0 Å². The molecule has 2 aliphatic heterocycles. The number of nitrogens with zero attached hydrogens (tertiary/aromatic N) is 1. The predicted molar refractivity (Wildman–Crippen MR) is 82.1 cm³/mol. The first-order valence-electron chi connectivity index (χ1n) is 7.57. The zero-order valence-electron chi connectivity index (χ0n) is 13.0. The number of likely N-dealkylation sites (tertiary alicyclic amines) is 1. The molecule has 0 unspecified atom stereocenters. The van der Waals surface area contributed by atoms with Crippen molar-refractivity contribution in [2.45, 2.75) is 18.9 Å². The van der Waals surface area contributed by atoms with Gasteiger partial charge in [0.1, 0.15) is 5.54 Å². The number of hydrogen-bond acceptors (Lipinski definition) is 4. The highest BCUT2D eigenvalue weighted by molar-refractivity contribution is 6.07. The van der Waals surface area contributed by atoms with E-state index in [1.807, 2.05) is 0 Å².